The molecule has 0 unspecified atom stereocenters. The molecule has 0 spiro atoms. The number of hydrogen-bond acceptors (Lipinski definition) is 3. The number of esters is 1. The van der Waals surface area contributed by atoms with Gasteiger partial charge in [0.05, 0.1) is 16.8 Å². The minimum absolute atomic E-state index is 0.211. The minimum atomic E-state index is -0.713. The number of rotatable bonds is 2. The van der Waals surface area contributed by atoms with Crippen molar-refractivity contribution in [2.24, 2.45) is 10.7 Å². The molecule has 0 aliphatic rings. The lowest BCUT2D eigenvalue weighted by Gasteiger charge is -2.05. The van der Waals surface area contributed by atoms with Crippen molar-refractivity contribution < 1.29 is 13.9 Å². The SMILES string of the molecule is CCOC(=O)C(N)=Nc1ccc(Br)c(F)c1C. The second-order valence-electron chi connectivity index (χ2n) is 3.22. The van der Waals surface area contributed by atoms with E-state index in [-0.39, 0.29) is 12.4 Å². The van der Waals surface area contributed by atoms with Crippen molar-refractivity contribution in [1.82, 2.24) is 0 Å². The first-order chi connectivity index (χ1) is 7.97. The maximum Gasteiger partial charge on any atom is 0.373 e. The van der Waals surface area contributed by atoms with Gasteiger partial charge in [0, 0.05) is 5.56 Å². The fourth-order valence-corrected chi connectivity index (χ4v) is 1.57. The first kappa shape index (κ1) is 13.6. The number of amidine groups is 1. The zero-order valence-electron chi connectivity index (χ0n) is 9.46. The van der Waals surface area contributed by atoms with Crippen molar-refractivity contribution in [3.63, 3.8) is 0 Å². The second-order valence-corrected chi connectivity index (χ2v) is 4.08. The van der Waals surface area contributed by atoms with Crippen molar-refractivity contribution in [1.29, 1.82) is 0 Å². The molecule has 17 heavy (non-hydrogen) atoms. The maximum absolute atomic E-state index is 13.5. The predicted molar refractivity (Wildman–Crippen MR) is 66.8 cm³/mol. The highest BCUT2D eigenvalue weighted by molar-refractivity contribution is 9.10. The molecule has 0 aliphatic heterocycles. The Morgan fingerprint density at radius 3 is 2.82 bits per heavy atom. The van der Waals surface area contributed by atoms with Gasteiger partial charge in [0.1, 0.15) is 5.82 Å². The first-order valence-electron chi connectivity index (χ1n) is 4.93. The Bertz CT molecular complexity index is 475. The number of carbonyl (C=O) groups is 1. The van der Waals surface area contributed by atoms with E-state index in [0.29, 0.717) is 15.7 Å². The van der Waals surface area contributed by atoms with Crippen LogP contribution in [0.15, 0.2) is 21.6 Å². The van der Waals surface area contributed by atoms with E-state index in [4.69, 9.17) is 5.73 Å². The van der Waals surface area contributed by atoms with Gasteiger partial charge in [-0.05, 0) is 41.9 Å². The Kier molecular flexibility index (Phi) is 4.62. The largest absolute Gasteiger partial charge is 0.460 e. The number of nitrogens with zero attached hydrogens (tertiary/aromatic N) is 1. The summed E-state index contributed by atoms with van der Waals surface area (Å²) in [5, 5.41) is 0. The molecule has 0 aromatic heterocycles. The van der Waals surface area contributed by atoms with Crippen LogP contribution in [0.1, 0.15) is 12.5 Å². The van der Waals surface area contributed by atoms with E-state index in [2.05, 4.69) is 25.7 Å². The number of aliphatic imine (C=N–C) groups is 1. The molecule has 0 aliphatic carbocycles. The summed E-state index contributed by atoms with van der Waals surface area (Å²) >= 11 is 3.05. The van der Waals surface area contributed by atoms with Crippen LogP contribution in [0, 0.1) is 12.7 Å². The van der Waals surface area contributed by atoms with Gasteiger partial charge in [0.15, 0.2) is 0 Å². The van der Waals surface area contributed by atoms with E-state index in [1.54, 1.807) is 19.9 Å². The molecule has 1 aromatic rings. The van der Waals surface area contributed by atoms with Crippen LogP contribution in [-0.2, 0) is 9.53 Å². The average molecular weight is 303 g/mol. The summed E-state index contributed by atoms with van der Waals surface area (Å²) in [6, 6.07) is 3.06. The standard InChI is InChI=1S/C11H12BrFN2O2/c1-3-17-11(16)10(14)15-8-5-4-7(12)9(13)6(8)2/h4-5H,3H2,1-2H3,(H2,14,15). The molecule has 1 aromatic carbocycles. The highest BCUT2D eigenvalue weighted by Crippen LogP contribution is 2.26. The number of benzene rings is 1. The Labute approximate surface area is 107 Å². The van der Waals surface area contributed by atoms with Gasteiger partial charge in [-0.1, -0.05) is 0 Å². The number of nitrogens with two attached hydrogens (primary N) is 1. The number of halogens is 2. The van der Waals surface area contributed by atoms with Gasteiger partial charge < -0.3 is 10.5 Å². The number of ether oxygens (including phenoxy) is 1. The third-order valence-corrected chi connectivity index (χ3v) is 2.65. The molecule has 0 amide bonds. The fraction of sp³-hybridized carbons (Fsp3) is 0.273. The lowest BCUT2D eigenvalue weighted by atomic mass is 10.2. The molecule has 0 atom stereocenters. The van der Waals surface area contributed by atoms with Crippen LogP contribution in [-0.4, -0.2) is 18.4 Å². The van der Waals surface area contributed by atoms with Crippen molar-refractivity contribution in [3.05, 3.63) is 28.0 Å². The normalized spacial score (nSPS) is 11.4. The predicted octanol–water partition coefficient (Wildman–Crippen LogP) is 2.45. The van der Waals surface area contributed by atoms with Crippen LogP contribution >= 0.6 is 15.9 Å². The molecule has 2 N–H and O–H groups in total. The lowest BCUT2D eigenvalue weighted by Crippen LogP contribution is -2.25. The van der Waals surface area contributed by atoms with Crippen molar-refractivity contribution >= 4 is 33.4 Å². The quantitative estimate of drug-likeness (QED) is 0.518. The molecule has 0 radical (unpaired) electrons. The second kappa shape index (κ2) is 5.77. The van der Waals surface area contributed by atoms with Crippen molar-refractivity contribution in [2.45, 2.75) is 13.8 Å². The Morgan fingerprint density at radius 1 is 1.59 bits per heavy atom. The molecule has 0 fully saturated rings. The highest BCUT2D eigenvalue weighted by Gasteiger charge is 2.11. The summed E-state index contributed by atoms with van der Waals surface area (Å²) in [5.41, 5.74) is 6.05. The van der Waals surface area contributed by atoms with E-state index in [1.807, 2.05) is 0 Å². The molecule has 0 bridgehead atoms. The monoisotopic (exact) mass is 302 g/mol. The van der Waals surface area contributed by atoms with E-state index in [0.717, 1.165) is 0 Å². The van der Waals surface area contributed by atoms with Gasteiger partial charge in [-0.25, -0.2) is 14.2 Å². The molecule has 6 heteroatoms. The van der Waals surface area contributed by atoms with E-state index in [9.17, 15) is 9.18 Å². The van der Waals surface area contributed by atoms with Crippen LogP contribution in [0.5, 0.6) is 0 Å². The van der Waals surface area contributed by atoms with Crippen molar-refractivity contribution in [3.8, 4) is 0 Å². The summed E-state index contributed by atoms with van der Waals surface area (Å²) in [7, 11) is 0. The smallest absolute Gasteiger partial charge is 0.373 e. The average Bonchev–Trinajstić information content (AvgIpc) is 2.30. The van der Waals surface area contributed by atoms with Crippen LogP contribution in [0.25, 0.3) is 0 Å². The molecule has 0 saturated heterocycles. The van der Waals surface area contributed by atoms with Gasteiger partial charge in [-0.15, -0.1) is 0 Å². The number of carbonyl (C=O) groups excluding carboxylic acids is 1. The van der Waals surface area contributed by atoms with Crippen LogP contribution in [0.2, 0.25) is 0 Å². The lowest BCUT2D eigenvalue weighted by molar-refractivity contribution is -0.135. The molecule has 92 valence electrons. The summed E-state index contributed by atoms with van der Waals surface area (Å²) in [6.07, 6.45) is 0. The van der Waals surface area contributed by atoms with Gasteiger partial charge >= 0.3 is 5.97 Å². The zero-order valence-corrected chi connectivity index (χ0v) is 11.0. The molecular formula is C11H12BrFN2O2. The molecule has 4 nitrogen and oxygen atoms in total. The van der Waals surface area contributed by atoms with E-state index >= 15 is 0 Å². The molecule has 0 heterocycles. The third kappa shape index (κ3) is 3.26. The molecule has 1 rings (SSSR count). The zero-order chi connectivity index (χ0) is 13.0. The minimum Gasteiger partial charge on any atom is -0.460 e. The fourth-order valence-electron chi connectivity index (χ4n) is 1.14. The number of hydrogen-bond donors (Lipinski definition) is 1. The van der Waals surface area contributed by atoms with Crippen LogP contribution < -0.4 is 5.73 Å². The van der Waals surface area contributed by atoms with Crippen LogP contribution in [0.4, 0.5) is 10.1 Å². The topological polar surface area (TPSA) is 64.7 Å². The maximum atomic E-state index is 13.5. The van der Waals surface area contributed by atoms with Crippen molar-refractivity contribution in [2.75, 3.05) is 6.61 Å². The van der Waals surface area contributed by atoms with Crippen LogP contribution in [0.3, 0.4) is 0 Å². The summed E-state index contributed by atoms with van der Waals surface area (Å²) < 4.78 is 18.5. The Morgan fingerprint density at radius 2 is 2.24 bits per heavy atom. The highest BCUT2D eigenvalue weighted by atomic mass is 79.9. The summed E-state index contributed by atoms with van der Waals surface area (Å²) in [4.78, 5) is 15.1. The van der Waals surface area contributed by atoms with Gasteiger partial charge in [0.25, 0.3) is 0 Å². The van der Waals surface area contributed by atoms with Gasteiger partial charge in [0.2, 0.25) is 5.84 Å². The molecular weight excluding hydrogens is 291 g/mol. The Balaban J connectivity index is 3.06. The third-order valence-electron chi connectivity index (χ3n) is 2.04. The van der Waals surface area contributed by atoms with E-state index in [1.165, 1.54) is 6.07 Å². The first-order valence-corrected chi connectivity index (χ1v) is 5.72. The van der Waals surface area contributed by atoms with E-state index < -0.39 is 11.8 Å². The molecule has 0 saturated carbocycles. The Hall–Kier alpha value is -1.43. The summed E-state index contributed by atoms with van der Waals surface area (Å²) in [5.74, 6) is -1.44. The van der Waals surface area contributed by atoms with Gasteiger partial charge in [-0.2, -0.15) is 0 Å². The van der Waals surface area contributed by atoms with Gasteiger partial charge in [-0.3, -0.25) is 0 Å². The summed E-state index contributed by atoms with van der Waals surface area (Å²) in [6.45, 7) is 3.43.